The predicted octanol–water partition coefficient (Wildman–Crippen LogP) is 1.49. The highest BCUT2D eigenvalue weighted by Gasteiger charge is 2.19. The topological polar surface area (TPSA) is 75.6 Å². The fourth-order valence-electron chi connectivity index (χ4n) is 1.19. The van der Waals surface area contributed by atoms with Crippen LogP contribution in [-0.4, -0.2) is 24.1 Å². The quantitative estimate of drug-likeness (QED) is 0.820. The van der Waals surface area contributed by atoms with E-state index in [1.54, 1.807) is 0 Å². The molecule has 1 aromatic carbocycles. The molecule has 0 heterocycles. The standard InChI is InChI=1S/C10H10FNO4/c1-5(13)12-9-6(10(14)15)3-4-7(16-2)8(9)11/h3-4H,1-2H3,(H,12,13)(H,14,15). The predicted molar refractivity (Wildman–Crippen MR) is 54.2 cm³/mol. The molecule has 1 rings (SSSR count). The van der Waals surface area contributed by atoms with Crippen LogP contribution in [0.25, 0.3) is 0 Å². The van der Waals surface area contributed by atoms with Gasteiger partial charge < -0.3 is 15.2 Å². The summed E-state index contributed by atoms with van der Waals surface area (Å²) in [5.74, 6) is -2.92. The summed E-state index contributed by atoms with van der Waals surface area (Å²) in [5, 5.41) is 10.9. The second-order valence-electron chi connectivity index (χ2n) is 2.99. The molecule has 0 fully saturated rings. The summed E-state index contributed by atoms with van der Waals surface area (Å²) in [5.41, 5.74) is -0.715. The van der Waals surface area contributed by atoms with Crippen LogP contribution in [0.15, 0.2) is 12.1 Å². The zero-order valence-corrected chi connectivity index (χ0v) is 8.70. The van der Waals surface area contributed by atoms with Crippen LogP contribution < -0.4 is 10.1 Å². The lowest BCUT2D eigenvalue weighted by Crippen LogP contribution is -2.13. The van der Waals surface area contributed by atoms with Gasteiger partial charge in [-0.1, -0.05) is 0 Å². The van der Waals surface area contributed by atoms with Crippen molar-refractivity contribution in [3.8, 4) is 5.75 Å². The summed E-state index contributed by atoms with van der Waals surface area (Å²) in [4.78, 5) is 21.6. The van der Waals surface area contributed by atoms with E-state index in [1.165, 1.54) is 13.2 Å². The number of carboxylic acids is 1. The van der Waals surface area contributed by atoms with Gasteiger partial charge in [0.1, 0.15) is 0 Å². The van der Waals surface area contributed by atoms with Crippen LogP contribution >= 0.6 is 0 Å². The third-order valence-electron chi connectivity index (χ3n) is 1.86. The number of ether oxygens (including phenoxy) is 1. The number of carbonyl (C=O) groups is 2. The van der Waals surface area contributed by atoms with Crippen molar-refractivity contribution in [2.45, 2.75) is 6.92 Å². The van der Waals surface area contributed by atoms with Crippen LogP contribution in [0.3, 0.4) is 0 Å². The number of anilines is 1. The number of hydrogen-bond acceptors (Lipinski definition) is 3. The highest BCUT2D eigenvalue weighted by molar-refractivity contribution is 6.00. The molecule has 0 aliphatic heterocycles. The zero-order chi connectivity index (χ0) is 12.3. The molecule has 1 aromatic rings. The highest BCUT2D eigenvalue weighted by Crippen LogP contribution is 2.28. The first-order valence-corrected chi connectivity index (χ1v) is 4.34. The van der Waals surface area contributed by atoms with Crippen molar-refractivity contribution < 1.29 is 23.8 Å². The Hall–Kier alpha value is -2.11. The molecular weight excluding hydrogens is 217 g/mol. The molecule has 0 atom stereocenters. The van der Waals surface area contributed by atoms with Gasteiger partial charge in [0.25, 0.3) is 0 Å². The maximum absolute atomic E-state index is 13.7. The maximum Gasteiger partial charge on any atom is 0.337 e. The third kappa shape index (κ3) is 2.28. The average Bonchev–Trinajstić information content (AvgIpc) is 2.19. The normalized spacial score (nSPS) is 9.69. The molecule has 1 amide bonds. The number of rotatable bonds is 3. The largest absolute Gasteiger partial charge is 0.494 e. The number of nitrogens with one attached hydrogen (secondary N) is 1. The van der Waals surface area contributed by atoms with Gasteiger partial charge in [0, 0.05) is 6.92 Å². The first-order valence-electron chi connectivity index (χ1n) is 4.34. The number of benzene rings is 1. The lowest BCUT2D eigenvalue weighted by molar-refractivity contribution is -0.114. The molecule has 0 saturated heterocycles. The molecule has 0 saturated carbocycles. The molecule has 0 unspecified atom stereocenters. The smallest absolute Gasteiger partial charge is 0.337 e. The summed E-state index contributed by atoms with van der Waals surface area (Å²) in [6, 6.07) is 2.35. The summed E-state index contributed by atoms with van der Waals surface area (Å²) in [6.45, 7) is 1.16. The van der Waals surface area contributed by atoms with Crippen molar-refractivity contribution in [3.63, 3.8) is 0 Å². The molecule has 6 heteroatoms. The molecule has 86 valence electrons. The Morgan fingerprint density at radius 2 is 2.06 bits per heavy atom. The summed E-state index contributed by atoms with van der Waals surface area (Å²) < 4.78 is 18.3. The minimum absolute atomic E-state index is 0.131. The third-order valence-corrected chi connectivity index (χ3v) is 1.86. The number of aromatic carboxylic acids is 1. The minimum atomic E-state index is -1.33. The Balaban J connectivity index is 3.36. The van der Waals surface area contributed by atoms with Crippen molar-refractivity contribution in [1.29, 1.82) is 0 Å². The van der Waals surface area contributed by atoms with Gasteiger partial charge in [-0.2, -0.15) is 0 Å². The van der Waals surface area contributed by atoms with E-state index in [0.29, 0.717) is 0 Å². The molecule has 0 aromatic heterocycles. The summed E-state index contributed by atoms with van der Waals surface area (Å²) >= 11 is 0. The van der Waals surface area contributed by atoms with Gasteiger partial charge in [-0.15, -0.1) is 0 Å². The Kier molecular flexibility index (Phi) is 3.44. The molecule has 0 aliphatic rings. The second-order valence-corrected chi connectivity index (χ2v) is 2.99. The van der Waals surface area contributed by atoms with Crippen LogP contribution in [-0.2, 0) is 4.79 Å². The number of carboxylic acid groups (broad SMARTS) is 1. The molecule has 0 bridgehead atoms. The van der Waals surface area contributed by atoms with E-state index in [-0.39, 0.29) is 17.0 Å². The molecule has 0 spiro atoms. The van der Waals surface area contributed by atoms with Crippen LogP contribution in [0.1, 0.15) is 17.3 Å². The fraction of sp³-hybridized carbons (Fsp3) is 0.200. The van der Waals surface area contributed by atoms with Gasteiger partial charge in [-0.05, 0) is 12.1 Å². The van der Waals surface area contributed by atoms with Crippen molar-refractivity contribution in [1.82, 2.24) is 0 Å². The van der Waals surface area contributed by atoms with Crippen LogP contribution in [0.4, 0.5) is 10.1 Å². The molecule has 16 heavy (non-hydrogen) atoms. The lowest BCUT2D eigenvalue weighted by atomic mass is 10.1. The minimum Gasteiger partial charge on any atom is -0.494 e. The molecular formula is C10H10FNO4. The Labute approximate surface area is 90.8 Å². The van der Waals surface area contributed by atoms with E-state index in [0.717, 1.165) is 13.0 Å². The SMILES string of the molecule is COc1ccc(C(=O)O)c(NC(C)=O)c1F. The summed E-state index contributed by atoms with van der Waals surface area (Å²) in [7, 11) is 1.25. The number of carbonyl (C=O) groups excluding carboxylic acids is 1. The number of methoxy groups -OCH3 is 1. The van der Waals surface area contributed by atoms with Gasteiger partial charge >= 0.3 is 5.97 Å². The van der Waals surface area contributed by atoms with E-state index in [9.17, 15) is 14.0 Å². The van der Waals surface area contributed by atoms with Crippen LogP contribution in [0, 0.1) is 5.82 Å². The Bertz CT molecular complexity index is 445. The molecule has 0 aliphatic carbocycles. The monoisotopic (exact) mass is 227 g/mol. The summed E-state index contributed by atoms with van der Waals surface area (Å²) in [6.07, 6.45) is 0. The van der Waals surface area contributed by atoms with Crippen LogP contribution in [0.5, 0.6) is 5.75 Å². The van der Waals surface area contributed by atoms with Crippen molar-refractivity contribution in [2.24, 2.45) is 0 Å². The maximum atomic E-state index is 13.7. The van der Waals surface area contributed by atoms with Crippen molar-refractivity contribution >= 4 is 17.6 Å². The first kappa shape index (κ1) is 12.0. The van der Waals surface area contributed by atoms with Crippen molar-refractivity contribution in [2.75, 3.05) is 12.4 Å². The van der Waals surface area contributed by atoms with Gasteiger partial charge in [-0.25, -0.2) is 9.18 Å². The second kappa shape index (κ2) is 4.61. The van der Waals surface area contributed by atoms with E-state index in [2.05, 4.69) is 10.1 Å². The van der Waals surface area contributed by atoms with E-state index < -0.39 is 17.7 Å². The highest BCUT2D eigenvalue weighted by atomic mass is 19.1. The number of amides is 1. The van der Waals surface area contributed by atoms with E-state index in [1.807, 2.05) is 0 Å². The molecule has 5 nitrogen and oxygen atoms in total. The number of halogens is 1. The average molecular weight is 227 g/mol. The van der Waals surface area contributed by atoms with Gasteiger partial charge in [-0.3, -0.25) is 4.79 Å². The van der Waals surface area contributed by atoms with Crippen molar-refractivity contribution in [3.05, 3.63) is 23.5 Å². The Morgan fingerprint density at radius 3 is 2.50 bits per heavy atom. The van der Waals surface area contributed by atoms with E-state index >= 15 is 0 Å². The molecule has 0 radical (unpaired) electrons. The van der Waals surface area contributed by atoms with Crippen LogP contribution in [0.2, 0.25) is 0 Å². The fourth-order valence-corrected chi connectivity index (χ4v) is 1.19. The molecule has 2 N–H and O–H groups in total. The first-order chi connectivity index (χ1) is 7.47. The van der Waals surface area contributed by atoms with E-state index in [4.69, 9.17) is 5.11 Å². The number of hydrogen-bond donors (Lipinski definition) is 2. The van der Waals surface area contributed by atoms with Gasteiger partial charge in [0.2, 0.25) is 5.91 Å². The Morgan fingerprint density at radius 1 is 1.44 bits per heavy atom. The lowest BCUT2D eigenvalue weighted by Gasteiger charge is -2.10. The van der Waals surface area contributed by atoms with Gasteiger partial charge in [0.05, 0.1) is 18.4 Å². The zero-order valence-electron chi connectivity index (χ0n) is 8.70. The van der Waals surface area contributed by atoms with Gasteiger partial charge in [0.15, 0.2) is 11.6 Å².